The van der Waals surface area contributed by atoms with Crippen molar-refractivity contribution in [1.29, 1.82) is 0 Å². The number of fused-ring (bicyclic) bond motifs is 3. The minimum atomic E-state index is -4.64. The zero-order chi connectivity index (χ0) is 26.3. The molecule has 1 aliphatic heterocycles. The number of rotatable bonds is 7. The molecule has 1 N–H and O–H groups in total. The maximum Gasteiger partial charge on any atom is 0.416 e. The molecule has 0 unspecified atom stereocenters. The molecule has 1 amide bonds. The summed E-state index contributed by atoms with van der Waals surface area (Å²) in [4.78, 5) is 30.4. The standard InChI is InChI=1S/C26H27F4N3O3/c1-25(2,24(35)36)10-3-6-22(34)32-12-9-18-19-5-4-11-31-23(19)33(21(18)15-32)14-16-7-8-17(13-20(16)27)26(28,29)30/h4-5,7-8,11,13H,3,6,9-10,12,14-15H2,1-2H3,(H,35,36). The molecular formula is C26H27F4N3O3. The summed E-state index contributed by atoms with van der Waals surface area (Å²) in [6, 6.07) is 6.17. The fraction of sp³-hybridized carbons (Fsp3) is 0.423. The number of pyridine rings is 1. The van der Waals surface area contributed by atoms with Crippen LogP contribution < -0.4 is 0 Å². The van der Waals surface area contributed by atoms with Crippen LogP contribution in [0.1, 0.15) is 55.5 Å². The number of carboxylic acids is 1. The molecule has 1 aliphatic rings. The number of hydrogen-bond donors (Lipinski definition) is 1. The van der Waals surface area contributed by atoms with Gasteiger partial charge in [-0.3, -0.25) is 9.59 Å². The highest BCUT2D eigenvalue weighted by Crippen LogP contribution is 2.33. The maximum absolute atomic E-state index is 14.7. The van der Waals surface area contributed by atoms with Crippen molar-refractivity contribution < 1.29 is 32.3 Å². The number of carbonyl (C=O) groups excluding carboxylic acids is 1. The molecule has 0 saturated carbocycles. The lowest BCUT2D eigenvalue weighted by Gasteiger charge is -2.29. The Morgan fingerprint density at radius 1 is 1.17 bits per heavy atom. The van der Waals surface area contributed by atoms with Gasteiger partial charge in [0.05, 0.1) is 24.1 Å². The number of nitrogens with zero attached hydrogens (tertiary/aromatic N) is 3. The molecule has 0 saturated heterocycles. The lowest BCUT2D eigenvalue weighted by molar-refractivity contribution is -0.147. The topological polar surface area (TPSA) is 75.4 Å². The van der Waals surface area contributed by atoms with E-state index in [1.807, 2.05) is 6.07 Å². The van der Waals surface area contributed by atoms with Crippen molar-refractivity contribution in [1.82, 2.24) is 14.5 Å². The number of amides is 1. The molecule has 0 atom stereocenters. The van der Waals surface area contributed by atoms with Crippen molar-refractivity contribution >= 4 is 22.9 Å². The number of halogens is 4. The van der Waals surface area contributed by atoms with Gasteiger partial charge in [0.15, 0.2) is 0 Å². The van der Waals surface area contributed by atoms with Crippen LogP contribution in [0.2, 0.25) is 0 Å². The third-order valence-corrected chi connectivity index (χ3v) is 6.85. The molecule has 36 heavy (non-hydrogen) atoms. The minimum Gasteiger partial charge on any atom is -0.481 e. The van der Waals surface area contributed by atoms with Gasteiger partial charge in [0, 0.05) is 35.8 Å². The molecule has 3 heterocycles. The second-order valence-corrected chi connectivity index (χ2v) is 9.80. The summed E-state index contributed by atoms with van der Waals surface area (Å²) >= 11 is 0. The molecule has 3 aromatic rings. The Kier molecular flexibility index (Phi) is 6.81. The van der Waals surface area contributed by atoms with Crippen molar-refractivity contribution in [3.8, 4) is 0 Å². The second kappa shape index (κ2) is 9.55. The van der Waals surface area contributed by atoms with Crippen molar-refractivity contribution in [2.24, 2.45) is 5.41 Å². The SMILES string of the molecule is CC(C)(CCCC(=O)N1CCc2c(n(Cc3ccc(C(F)(F)F)cc3F)c3ncccc23)C1)C(=O)O. The van der Waals surface area contributed by atoms with Gasteiger partial charge in [-0.15, -0.1) is 0 Å². The first-order valence-electron chi connectivity index (χ1n) is 11.7. The van der Waals surface area contributed by atoms with E-state index in [9.17, 15) is 32.3 Å². The smallest absolute Gasteiger partial charge is 0.416 e. The normalized spacial score (nSPS) is 14.2. The van der Waals surface area contributed by atoms with Crippen LogP contribution in [0.5, 0.6) is 0 Å². The Labute approximate surface area is 205 Å². The monoisotopic (exact) mass is 505 g/mol. The molecule has 10 heteroatoms. The van der Waals surface area contributed by atoms with Crippen LogP contribution in [0.15, 0.2) is 36.5 Å². The van der Waals surface area contributed by atoms with Gasteiger partial charge in [0.2, 0.25) is 5.91 Å². The van der Waals surface area contributed by atoms with Crippen LogP contribution in [0.3, 0.4) is 0 Å². The Hall–Kier alpha value is -3.43. The quantitative estimate of drug-likeness (QED) is 0.436. The summed E-state index contributed by atoms with van der Waals surface area (Å²) in [7, 11) is 0. The van der Waals surface area contributed by atoms with Crippen LogP contribution in [-0.2, 0) is 35.3 Å². The van der Waals surface area contributed by atoms with Gasteiger partial charge in [0.1, 0.15) is 11.5 Å². The van der Waals surface area contributed by atoms with E-state index in [0.29, 0.717) is 37.5 Å². The van der Waals surface area contributed by atoms with E-state index in [1.165, 1.54) is 0 Å². The molecule has 0 spiro atoms. The Morgan fingerprint density at radius 3 is 2.58 bits per heavy atom. The summed E-state index contributed by atoms with van der Waals surface area (Å²) in [5.74, 6) is -1.97. The van der Waals surface area contributed by atoms with Crippen LogP contribution >= 0.6 is 0 Å². The van der Waals surface area contributed by atoms with Crippen LogP contribution in [0.25, 0.3) is 11.0 Å². The van der Waals surface area contributed by atoms with Crippen LogP contribution in [0, 0.1) is 11.2 Å². The van der Waals surface area contributed by atoms with Crippen molar-refractivity contribution in [3.05, 3.63) is 64.7 Å². The predicted octanol–water partition coefficient (Wildman–Crippen LogP) is 5.41. The van der Waals surface area contributed by atoms with Crippen LogP contribution in [-0.4, -0.2) is 38.0 Å². The summed E-state index contributed by atoms with van der Waals surface area (Å²) in [5, 5.41) is 10.1. The van der Waals surface area contributed by atoms with Crippen molar-refractivity contribution in [2.45, 2.75) is 58.8 Å². The highest BCUT2D eigenvalue weighted by Gasteiger charge is 2.32. The highest BCUT2D eigenvalue weighted by molar-refractivity contribution is 5.84. The fourth-order valence-corrected chi connectivity index (χ4v) is 4.61. The third-order valence-electron chi connectivity index (χ3n) is 6.85. The summed E-state index contributed by atoms with van der Waals surface area (Å²) in [6.45, 7) is 3.96. The molecule has 0 aliphatic carbocycles. The Bertz CT molecular complexity index is 1310. The van der Waals surface area contributed by atoms with E-state index in [4.69, 9.17) is 0 Å². The molecule has 0 radical (unpaired) electrons. The molecule has 1 aromatic carbocycles. The maximum atomic E-state index is 14.7. The van der Waals surface area contributed by atoms with E-state index in [1.54, 1.807) is 35.6 Å². The van der Waals surface area contributed by atoms with E-state index in [-0.39, 0.29) is 31.0 Å². The summed E-state index contributed by atoms with van der Waals surface area (Å²) in [5.41, 5.74) is 0.463. The van der Waals surface area contributed by atoms with Gasteiger partial charge in [-0.2, -0.15) is 13.2 Å². The predicted molar refractivity (Wildman–Crippen MR) is 125 cm³/mol. The zero-order valence-electron chi connectivity index (χ0n) is 20.0. The van der Waals surface area contributed by atoms with Gasteiger partial charge in [-0.1, -0.05) is 6.07 Å². The third kappa shape index (κ3) is 5.08. The minimum absolute atomic E-state index is 0.0261. The molecule has 192 valence electrons. The zero-order valence-corrected chi connectivity index (χ0v) is 20.0. The van der Waals surface area contributed by atoms with Gasteiger partial charge in [0.25, 0.3) is 0 Å². The van der Waals surface area contributed by atoms with Gasteiger partial charge < -0.3 is 14.6 Å². The molecule has 2 aromatic heterocycles. The number of aromatic nitrogens is 2. The largest absolute Gasteiger partial charge is 0.481 e. The Balaban J connectivity index is 1.58. The number of benzene rings is 1. The highest BCUT2D eigenvalue weighted by atomic mass is 19.4. The molecular weight excluding hydrogens is 478 g/mol. The number of carboxylic acid groups (broad SMARTS) is 1. The van der Waals surface area contributed by atoms with Gasteiger partial charge >= 0.3 is 12.1 Å². The number of alkyl halides is 3. The molecule has 6 nitrogen and oxygen atoms in total. The average molecular weight is 506 g/mol. The van der Waals surface area contributed by atoms with Crippen LogP contribution in [0.4, 0.5) is 17.6 Å². The van der Waals surface area contributed by atoms with Gasteiger partial charge in [-0.25, -0.2) is 9.37 Å². The lowest BCUT2D eigenvalue weighted by atomic mass is 9.87. The van der Waals surface area contributed by atoms with Gasteiger partial charge in [-0.05, 0) is 62.9 Å². The number of hydrogen-bond acceptors (Lipinski definition) is 3. The number of carbonyl (C=O) groups is 2. The fourth-order valence-electron chi connectivity index (χ4n) is 4.61. The van der Waals surface area contributed by atoms with E-state index in [2.05, 4.69) is 4.98 Å². The lowest BCUT2D eigenvalue weighted by Crippen LogP contribution is -2.36. The first-order valence-corrected chi connectivity index (χ1v) is 11.7. The van der Waals surface area contributed by atoms with Crippen molar-refractivity contribution in [3.63, 3.8) is 0 Å². The first-order chi connectivity index (χ1) is 16.9. The summed E-state index contributed by atoms with van der Waals surface area (Å²) in [6.07, 6.45) is -1.47. The van der Waals surface area contributed by atoms with E-state index >= 15 is 0 Å². The van der Waals surface area contributed by atoms with E-state index in [0.717, 1.165) is 28.8 Å². The number of aliphatic carboxylic acids is 1. The Morgan fingerprint density at radius 2 is 1.92 bits per heavy atom. The first kappa shape index (κ1) is 25.7. The van der Waals surface area contributed by atoms with E-state index < -0.39 is 28.9 Å². The molecule has 4 rings (SSSR count). The summed E-state index contributed by atoms with van der Waals surface area (Å²) < 4.78 is 55.4. The van der Waals surface area contributed by atoms with Crippen molar-refractivity contribution in [2.75, 3.05) is 6.54 Å². The average Bonchev–Trinajstić information content (AvgIpc) is 3.12. The molecule has 0 fully saturated rings. The second-order valence-electron chi connectivity index (χ2n) is 9.80. The molecule has 0 bridgehead atoms.